The second-order valence-electron chi connectivity index (χ2n) is 8.77. The number of methoxy groups -OCH3 is 2. The van der Waals surface area contributed by atoms with Gasteiger partial charge in [0.05, 0.1) is 6.10 Å². The van der Waals surface area contributed by atoms with Crippen molar-refractivity contribution in [3.8, 4) is 11.5 Å². The fraction of sp³-hybridized carbons (Fsp3) is 0.440. The van der Waals surface area contributed by atoms with Crippen molar-refractivity contribution in [3.63, 3.8) is 0 Å². The summed E-state index contributed by atoms with van der Waals surface area (Å²) in [5.41, 5.74) is 2.61. The Labute approximate surface area is 225 Å². The minimum absolute atomic E-state index is 0. The number of halogens is 2. The van der Waals surface area contributed by atoms with Gasteiger partial charge in [0.2, 0.25) is 0 Å². The quantitative estimate of drug-likeness (QED) is 0.240. The number of aliphatic hydroxyl groups is 1. The van der Waals surface area contributed by atoms with Gasteiger partial charge in [0, 0.05) is 38.8 Å². The minimum Gasteiger partial charge on any atom is -0.475 e. The second kappa shape index (κ2) is 11.4. The Kier molecular flexibility index (Phi) is 8.94. The molecule has 0 radical (unpaired) electrons. The first-order valence-corrected chi connectivity index (χ1v) is 11.7. The van der Waals surface area contributed by atoms with Crippen molar-refractivity contribution in [2.75, 3.05) is 20.8 Å². The smallest absolute Gasteiger partial charge is 0.453 e. The molecular weight excluding hydrogens is 529 g/mol. The number of carbonyl (C=O) groups is 2. The van der Waals surface area contributed by atoms with Gasteiger partial charge in [-0.25, -0.2) is 9.59 Å². The fourth-order valence-electron chi connectivity index (χ4n) is 4.20. The average Bonchev–Trinajstić information content (AvgIpc) is 3.25. The molecule has 2 aromatic rings. The van der Waals surface area contributed by atoms with E-state index in [1.807, 2.05) is 6.07 Å². The van der Waals surface area contributed by atoms with Gasteiger partial charge >= 0.3 is 23.7 Å². The van der Waals surface area contributed by atoms with Gasteiger partial charge in [-0.3, -0.25) is 0 Å². The molecule has 12 heteroatoms. The molecule has 4 rings (SSSR count). The van der Waals surface area contributed by atoms with E-state index in [9.17, 15) is 19.8 Å². The van der Waals surface area contributed by atoms with E-state index in [1.165, 1.54) is 21.1 Å². The van der Waals surface area contributed by atoms with Gasteiger partial charge < -0.3 is 39.2 Å². The summed E-state index contributed by atoms with van der Waals surface area (Å²) < 4.78 is 26.1. The number of fused-ring (bicyclic) bond motifs is 2. The summed E-state index contributed by atoms with van der Waals surface area (Å²) in [4.78, 5) is 24.9. The summed E-state index contributed by atoms with van der Waals surface area (Å²) in [6.07, 6.45) is 1.38. The zero-order valence-electron chi connectivity index (χ0n) is 20.5. The number of benzene rings is 2. The zero-order valence-corrected chi connectivity index (χ0v) is 22.1. The number of ether oxygens (including phenoxy) is 5. The van der Waals surface area contributed by atoms with Crippen LogP contribution in [0.2, 0.25) is 5.02 Å². The van der Waals surface area contributed by atoms with Crippen molar-refractivity contribution in [1.82, 2.24) is 5.32 Å². The molecule has 10 nitrogen and oxygen atoms in total. The third-order valence-corrected chi connectivity index (χ3v) is 6.64. The molecule has 37 heavy (non-hydrogen) atoms. The standard InChI is InChI=1S/C25H28ClNO9.ClH/c1-24(32-2,33-3)36-23(31)25(22(29)30)34-20-11-14-7-8-18(10-16(14)12-21(20)35-25)27-13-19(28)15-5-4-6-17(26)9-15;/h4-6,9,11-12,18-19,27-28H,7-8,10,13H2,1-3H3,(H,29,30);1H/t18-,19-,25?;/m0./s1. The van der Waals surface area contributed by atoms with Crippen molar-refractivity contribution < 1.29 is 43.5 Å². The van der Waals surface area contributed by atoms with E-state index >= 15 is 0 Å². The van der Waals surface area contributed by atoms with E-state index in [0.717, 1.165) is 23.1 Å². The van der Waals surface area contributed by atoms with E-state index in [1.54, 1.807) is 30.3 Å². The first-order valence-electron chi connectivity index (χ1n) is 11.4. The molecule has 0 aromatic heterocycles. The molecule has 1 unspecified atom stereocenters. The average molecular weight is 558 g/mol. The summed E-state index contributed by atoms with van der Waals surface area (Å²) in [5.74, 6) is -7.31. The fourth-order valence-corrected chi connectivity index (χ4v) is 4.40. The molecule has 0 saturated heterocycles. The number of carboxylic acids is 1. The Hall–Kier alpha value is -2.60. The van der Waals surface area contributed by atoms with Gasteiger partial charge in [-0.15, -0.1) is 12.4 Å². The molecule has 0 amide bonds. The number of aliphatic carboxylic acids is 1. The molecule has 3 N–H and O–H groups in total. The van der Waals surface area contributed by atoms with E-state index < -0.39 is 29.8 Å². The zero-order chi connectivity index (χ0) is 26.1. The Morgan fingerprint density at radius 2 is 1.84 bits per heavy atom. The number of aliphatic hydroxyl groups excluding tert-OH is 1. The highest BCUT2D eigenvalue weighted by atomic mass is 35.5. The van der Waals surface area contributed by atoms with Crippen LogP contribution in [-0.2, 0) is 36.6 Å². The van der Waals surface area contributed by atoms with Crippen LogP contribution in [0.3, 0.4) is 0 Å². The lowest BCUT2D eigenvalue weighted by atomic mass is 9.87. The molecule has 0 fully saturated rings. The number of carbonyl (C=O) groups excluding carboxylic acids is 1. The van der Waals surface area contributed by atoms with Crippen molar-refractivity contribution in [2.24, 2.45) is 0 Å². The maximum absolute atomic E-state index is 12.8. The largest absolute Gasteiger partial charge is 0.475 e. The van der Waals surface area contributed by atoms with E-state index in [-0.39, 0.29) is 29.9 Å². The lowest BCUT2D eigenvalue weighted by Gasteiger charge is -2.29. The maximum atomic E-state index is 12.8. The van der Waals surface area contributed by atoms with Crippen LogP contribution in [0, 0.1) is 0 Å². The summed E-state index contributed by atoms with van der Waals surface area (Å²) in [6.45, 7) is 1.65. The second-order valence-corrected chi connectivity index (χ2v) is 9.21. The van der Waals surface area contributed by atoms with Crippen LogP contribution in [0.1, 0.15) is 36.1 Å². The molecule has 0 saturated carbocycles. The third kappa shape index (κ3) is 5.95. The predicted octanol–water partition coefficient (Wildman–Crippen LogP) is 3.00. The maximum Gasteiger partial charge on any atom is 0.453 e. The number of nitrogens with one attached hydrogen (secondary N) is 1. The first kappa shape index (κ1) is 29.0. The highest BCUT2D eigenvalue weighted by Gasteiger charge is 2.60. The van der Waals surface area contributed by atoms with Crippen molar-refractivity contribution in [2.45, 2.75) is 50.1 Å². The van der Waals surface area contributed by atoms with Crippen LogP contribution in [-0.4, -0.2) is 60.7 Å². The highest BCUT2D eigenvalue weighted by Crippen LogP contribution is 2.44. The number of aryl methyl sites for hydroxylation is 1. The summed E-state index contributed by atoms with van der Waals surface area (Å²) in [5, 5.41) is 24.3. The Morgan fingerprint density at radius 3 is 2.43 bits per heavy atom. The van der Waals surface area contributed by atoms with Crippen LogP contribution in [0.25, 0.3) is 0 Å². The van der Waals surface area contributed by atoms with E-state index in [0.29, 0.717) is 24.4 Å². The molecule has 1 aliphatic heterocycles. The lowest BCUT2D eigenvalue weighted by molar-refractivity contribution is -0.340. The van der Waals surface area contributed by atoms with Gasteiger partial charge in [-0.2, -0.15) is 0 Å². The van der Waals surface area contributed by atoms with E-state index in [2.05, 4.69) is 5.32 Å². The Morgan fingerprint density at radius 1 is 1.19 bits per heavy atom. The van der Waals surface area contributed by atoms with Crippen molar-refractivity contribution in [3.05, 3.63) is 58.1 Å². The number of hydrogen-bond donors (Lipinski definition) is 3. The van der Waals surface area contributed by atoms with Gasteiger partial charge in [0.15, 0.2) is 11.5 Å². The first-order chi connectivity index (χ1) is 17.1. The van der Waals surface area contributed by atoms with E-state index in [4.69, 9.17) is 35.3 Å². The number of esters is 1. The topological polar surface area (TPSA) is 133 Å². The Balaban J connectivity index is 0.00000380. The van der Waals surface area contributed by atoms with Crippen LogP contribution >= 0.6 is 24.0 Å². The summed E-state index contributed by atoms with van der Waals surface area (Å²) in [6, 6.07) is 10.5. The molecule has 1 aliphatic carbocycles. The lowest BCUT2D eigenvalue weighted by Crippen LogP contribution is -2.57. The molecule has 2 aromatic carbocycles. The van der Waals surface area contributed by atoms with Gasteiger partial charge in [-0.1, -0.05) is 23.7 Å². The van der Waals surface area contributed by atoms with Gasteiger partial charge in [0.25, 0.3) is 0 Å². The number of rotatable bonds is 9. The van der Waals surface area contributed by atoms with Crippen LogP contribution in [0.4, 0.5) is 0 Å². The third-order valence-electron chi connectivity index (χ3n) is 6.41. The monoisotopic (exact) mass is 557 g/mol. The van der Waals surface area contributed by atoms with Crippen LogP contribution in [0.5, 0.6) is 11.5 Å². The normalized spacial score (nSPS) is 20.9. The van der Waals surface area contributed by atoms with Gasteiger partial charge in [-0.05, 0) is 60.2 Å². The minimum atomic E-state index is -2.73. The number of hydrogen-bond acceptors (Lipinski definition) is 9. The van der Waals surface area contributed by atoms with Gasteiger partial charge in [0.1, 0.15) is 0 Å². The molecular formula is C25H29Cl2NO9. The highest BCUT2D eigenvalue weighted by molar-refractivity contribution is 6.30. The van der Waals surface area contributed by atoms with Crippen molar-refractivity contribution in [1.29, 1.82) is 0 Å². The van der Waals surface area contributed by atoms with Crippen LogP contribution < -0.4 is 14.8 Å². The summed E-state index contributed by atoms with van der Waals surface area (Å²) in [7, 11) is 2.48. The molecule has 0 spiro atoms. The molecule has 1 heterocycles. The van der Waals surface area contributed by atoms with Crippen molar-refractivity contribution >= 4 is 35.9 Å². The molecule has 0 bridgehead atoms. The molecule has 3 atom stereocenters. The van der Waals surface area contributed by atoms with Crippen LogP contribution in [0.15, 0.2) is 36.4 Å². The summed E-state index contributed by atoms with van der Waals surface area (Å²) >= 11 is 6.01. The molecule has 2 aliphatic rings. The number of carboxylic acid groups (broad SMARTS) is 1. The predicted molar refractivity (Wildman–Crippen MR) is 134 cm³/mol. The SMILES string of the molecule is COC(C)(OC)OC(=O)C1(C(=O)O)Oc2cc3c(cc2O1)C[C@@H](NC[C@H](O)c1cccc(Cl)c1)CC3.Cl. The molecule has 202 valence electrons. The Bertz CT molecular complexity index is 1160.